The summed E-state index contributed by atoms with van der Waals surface area (Å²) < 4.78 is 5.11. The second kappa shape index (κ2) is 5.77. The number of carbonyl (C=O) groups is 1. The second-order valence-corrected chi connectivity index (χ2v) is 4.76. The van der Waals surface area contributed by atoms with Crippen LogP contribution in [0.2, 0.25) is 0 Å². The molecule has 2 N–H and O–H groups in total. The third kappa shape index (κ3) is 2.82. The number of hydrogen-bond donors (Lipinski definition) is 2. The Labute approximate surface area is 118 Å². The van der Waals surface area contributed by atoms with E-state index in [0.717, 1.165) is 29.1 Å². The van der Waals surface area contributed by atoms with Crippen LogP contribution in [-0.2, 0) is 0 Å². The highest BCUT2D eigenvalue weighted by atomic mass is 16.5. The normalized spacial score (nSPS) is 10.4. The lowest BCUT2D eigenvalue weighted by atomic mass is 10.1. The van der Waals surface area contributed by atoms with Crippen LogP contribution < -0.4 is 10.6 Å². The molecule has 106 valence electrons. The van der Waals surface area contributed by atoms with Crippen LogP contribution >= 0.6 is 0 Å². The van der Waals surface area contributed by atoms with E-state index < -0.39 is 0 Å². The fourth-order valence-corrected chi connectivity index (χ4v) is 1.90. The molecule has 5 nitrogen and oxygen atoms in total. The zero-order valence-corrected chi connectivity index (χ0v) is 12.2. The van der Waals surface area contributed by atoms with E-state index in [2.05, 4.69) is 15.8 Å². The predicted octanol–water partition coefficient (Wildman–Crippen LogP) is 3.28. The average molecular weight is 273 g/mol. The second-order valence-electron chi connectivity index (χ2n) is 4.76. The highest BCUT2D eigenvalue weighted by Gasteiger charge is 2.16. The Morgan fingerprint density at radius 3 is 2.65 bits per heavy atom. The van der Waals surface area contributed by atoms with E-state index in [4.69, 9.17) is 4.52 Å². The van der Waals surface area contributed by atoms with Crippen molar-refractivity contribution < 1.29 is 9.32 Å². The van der Waals surface area contributed by atoms with E-state index in [0.29, 0.717) is 11.4 Å². The molecule has 0 fully saturated rings. The number of aromatic nitrogens is 1. The zero-order valence-electron chi connectivity index (χ0n) is 12.2. The van der Waals surface area contributed by atoms with E-state index in [1.165, 1.54) is 0 Å². The van der Waals surface area contributed by atoms with E-state index in [-0.39, 0.29) is 5.91 Å². The summed E-state index contributed by atoms with van der Waals surface area (Å²) in [6, 6.07) is 5.67. The van der Waals surface area contributed by atoms with Crippen LogP contribution in [0.25, 0.3) is 0 Å². The maximum absolute atomic E-state index is 12.3. The molecule has 1 aromatic carbocycles. The molecule has 1 heterocycles. The fraction of sp³-hybridized carbons (Fsp3) is 0.333. The first-order chi connectivity index (χ1) is 9.52. The monoisotopic (exact) mass is 273 g/mol. The number of nitrogens with one attached hydrogen (secondary N) is 2. The summed E-state index contributed by atoms with van der Waals surface area (Å²) in [6.45, 7) is 8.44. The molecule has 0 aliphatic heterocycles. The van der Waals surface area contributed by atoms with Crippen molar-refractivity contribution in [1.29, 1.82) is 0 Å². The summed E-state index contributed by atoms with van der Waals surface area (Å²) in [6.07, 6.45) is 0. The number of nitrogens with zero attached hydrogens (tertiary/aromatic N) is 1. The lowest BCUT2D eigenvalue weighted by molar-refractivity contribution is 0.102. The van der Waals surface area contributed by atoms with E-state index >= 15 is 0 Å². The maximum atomic E-state index is 12.3. The number of amides is 1. The Morgan fingerprint density at radius 2 is 2.05 bits per heavy atom. The summed E-state index contributed by atoms with van der Waals surface area (Å²) >= 11 is 0. The minimum Gasteiger partial charge on any atom is -0.385 e. The molecule has 0 aliphatic rings. The van der Waals surface area contributed by atoms with Gasteiger partial charge in [-0.1, -0.05) is 11.2 Å². The zero-order chi connectivity index (χ0) is 14.7. The molecule has 0 aliphatic carbocycles. The van der Waals surface area contributed by atoms with Gasteiger partial charge in [-0.3, -0.25) is 10.1 Å². The van der Waals surface area contributed by atoms with Crippen molar-refractivity contribution >= 4 is 17.5 Å². The fourth-order valence-electron chi connectivity index (χ4n) is 1.90. The number of aryl methyl sites for hydroxylation is 2. The van der Waals surface area contributed by atoms with Gasteiger partial charge in [-0.05, 0) is 45.4 Å². The number of carbonyl (C=O) groups excluding carboxylic acids is 1. The van der Waals surface area contributed by atoms with Crippen molar-refractivity contribution in [3.63, 3.8) is 0 Å². The first-order valence-corrected chi connectivity index (χ1v) is 6.61. The molecule has 1 amide bonds. The van der Waals surface area contributed by atoms with Gasteiger partial charge >= 0.3 is 0 Å². The van der Waals surface area contributed by atoms with Crippen LogP contribution in [0.5, 0.6) is 0 Å². The molecule has 2 rings (SSSR count). The molecule has 0 saturated heterocycles. The third-order valence-corrected chi connectivity index (χ3v) is 3.17. The first kappa shape index (κ1) is 14.1. The van der Waals surface area contributed by atoms with Crippen molar-refractivity contribution in [3.05, 3.63) is 40.6 Å². The minimum absolute atomic E-state index is 0.208. The van der Waals surface area contributed by atoms with Gasteiger partial charge in [0.05, 0.1) is 11.3 Å². The quantitative estimate of drug-likeness (QED) is 0.897. The number of anilines is 2. The largest absolute Gasteiger partial charge is 0.385 e. The summed E-state index contributed by atoms with van der Waals surface area (Å²) in [5, 5.41) is 9.78. The van der Waals surface area contributed by atoms with Gasteiger partial charge in [-0.2, -0.15) is 0 Å². The molecule has 2 aromatic rings. The van der Waals surface area contributed by atoms with E-state index in [9.17, 15) is 4.79 Å². The number of hydrogen-bond acceptors (Lipinski definition) is 4. The average Bonchev–Trinajstić information content (AvgIpc) is 2.71. The number of rotatable bonds is 4. The lowest BCUT2D eigenvalue weighted by Gasteiger charge is -2.11. The van der Waals surface area contributed by atoms with Gasteiger partial charge in [0.15, 0.2) is 0 Å². The molecule has 0 radical (unpaired) electrons. The summed E-state index contributed by atoms with van der Waals surface area (Å²) in [5.41, 5.74) is 4.13. The van der Waals surface area contributed by atoms with Gasteiger partial charge in [0.25, 0.3) is 5.91 Å². The Balaban J connectivity index is 2.27. The van der Waals surface area contributed by atoms with Crippen LogP contribution in [0.1, 0.15) is 34.1 Å². The Hall–Kier alpha value is -2.30. The SMILES string of the molecule is CCNc1cc(C)ccc1C(=O)Nc1onc(C)c1C. The lowest BCUT2D eigenvalue weighted by Crippen LogP contribution is -2.15. The van der Waals surface area contributed by atoms with Gasteiger partial charge < -0.3 is 9.84 Å². The topological polar surface area (TPSA) is 67.2 Å². The van der Waals surface area contributed by atoms with Crippen molar-refractivity contribution in [2.45, 2.75) is 27.7 Å². The summed E-state index contributed by atoms with van der Waals surface area (Å²) in [5.74, 6) is 0.190. The van der Waals surface area contributed by atoms with E-state index in [1.807, 2.05) is 39.8 Å². The van der Waals surface area contributed by atoms with Crippen molar-refractivity contribution in [2.75, 3.05) is 17.2 Å². The van der Waals surface area contributed by atoms with Gasteiger partial charge in [-0.25, -0.2) is 0 Å². The summed E-state index contributed by atoms with van der Waals surface area (Å²) in [7, 11) is 0. The molecule has 5 heteroatoms. The van der Waals surface area contributed by atoms with Crippen LogP contribution in [0, 0.1) is 20.8 Å². The molecule has 0 spiro atoms. The van der Waals surface area contributed by atoms with E-state index in [1.54, 1.807) is 6.07 Å². The smallest absolute Gasteiger partial charge is 0.260 e. The minimum atomic E-state index is -0.208. The van der Waals surface area contributed by atoms with Crippen LogP contribution in [-0.4, -0.2) is 17.6 Å². The molecule has 0 bridgehead atoms. The van der Waals surface area contributed by atoms with Gasteiger partial charge in [0, 0.05) is 17.8 Å². The van der Waals surface area contributed by atoms with Gasteiger partial charge in [0.1, 0.15) is 0 Å². The molecule has 0 unspecified atom stereocenters. The molecule has 1 aromatic heterocycles. The Bertz CT molecular complexity index is 632. The highest BCUT2D eigenvalue weighted by Crippen LogP contribution is 2.22. The maximum Gasteiger partial charge on any atom is 0.260 e. The van der Waals surface area contributed by atoms with Crippen molar-refractivity contribution in [2.24, 2.45) is 0 Å². The van der Waals surface area contributed by atoms with Crippen molar-refractivity contribution in [1.82, 2.24) is 5.16 Å². The Kier molecular flexibility index (Phi) is 4.08. The molecular formula is C15H19N3O2. The van der Waals surface area contributed by atoms with Gasteiger partial charge in [-0.15, -0.1) is 0 Å². The Morgan fingerprint density at radius 1 is 1.30 bits per heavy atom. The highest BCUT2D eigenvalue weighted by molar-refractivity contribution is 6.07. The van der Waals surface area contributed by atoms with Crippen LogP contribution in [0.15, 0.2) is 22.7 Å². The van der Waals surface area contributed by atoms with Crippen molar-refractivity contribution in [3.8, 4) is 0 Å². The third-order valence-electron chi connectivity index (χ3n) is 3.17. The first-order valence-electron chi connectivity index (χ1n) is 6.61. The van der Waals surface area contributed by atoms with Crippen LogP contribution in [0.4, 0.5) is 11.6 Å². The molecular weight excluding hydrogens is 254 g/mol. The number of benzene rings is 1. The van der Waals surface area contributed by atoms with Crippen LogP contribution in [0.3, 0.4) is 0 Å². The molecule has 20 heavy (non-hydrogen) atoms. The molecule has 0 saturated carbocycles. The standard InChI is InChI=1S/C15H19N3O2/c1-5-16-13-8-9(2)6-7-12(13)14(19)17-15-10(3)11(4)18-20-15/h6-8,16H,5H2,1-4H3,(H,17,19). The molecule has 0 atom stereocenters. The summed E-state index contributed by atoms with van der Waals surface area (Å²) in [4.78, 5) is 12.3. The predicted molar refractivity (Wildman–Crippen MR) is 79.3 cm³/mol. The van der Waals surface area contributed by atoms with Gasteiger partial charge in [0.2, 0.25) is 5.88 Å².